The molecule has 0 aromatic carbocycles. The highest BCUT2D eigenvalue weighted by Gasteiger charge is 2.38. The van der Waals surface area contributed by atoms with E-state index < -0.39 is 5.60 Å². The first-order chi connectivity index (χ1) is 7.13. The van der Waals surface area contributed by atoms with E-state index in [1.54, 1.807) is 0 Å². The molecule has 86 valence electrons. The van der Waals surface area contributed by atoms with E-state index in [0.29, 0.717) is 24.9 Å². The maximum atomic E-state index is 9.21. The van der Waals surface area contributed by atoms with E-state index in [9.17, 15) is 5.26 Å². The van der Waals surface area contributed by atoms with Crippen LogP contribution in [-0.4, -0.2) is 23.9 Å². The lowest BCUT2D eigenvalue weighted by Crippen LogP contribution is -2.39. The van der Waals surface area contributed by atoms with Crippen LogP contribution in [0.2, 0.25) is 0 Å². The van der Waals surface area contributed by atoms with Crippen molar-refractivity contribution in [3.8, 4) is 6.07 Å². The van der Waals surface area contributed by atoms with Crippen molar-refractivity contribution in [2.45, 2.75) is 45.1 Å². The highest BCUT2D eigenvalue weighted by atomic mass is 16.5. The van der Waals surface area contributed by atoms with Gasteiger partial charge < -0.3 is 9.84 Å². The minimum Gasteiger partial charge on any atom is -0.396 e. The van der Waals surface area contributed by atoms with Gasteiger partial charge in [0.05, 0.1) is 12.7 Å². The van der Waals surface area contributed by atoms with Crippen LogP contribution in [0.1, 0.15) is 39.5 Å². The van der Waals surface area contributed by atoms with E-state index in [-0.39, 0.29) is 6.61 Å². The molecule has 0 aromatic rings. The minimum atomic E-state index is -0.582. The fourth-order valence-electron chi connectivity index (χ4n) is 2.17. The monoisotopic (exact) mass is 211 g/mol. The van der Waals surface area contributed by atoms with Crippen LogP contribution in [0.25, 0.3) is 0 Å². The van der Waals surface area contributed by atoms with Gasteiger partial charge in [-0.1, -0.05) is 13.8 Å². The summed E-state index contributed by atoms with van der Waals surface area (Å²) in [5.74, 6) is 1.24. The molecule has 0 radical (unpaired) electrons. The van der Waals surface area contributed by atoms with Crippen LogP contribution < -0.4 is 0 Å². The molecule has 0 saturated heterocycles. The smallest absolute Gasteiger partial charge is 0.154 e. The second-order valence-corrected chi connectivity index (χ2v) is 4.73. The quantitative estimate of drug-likeness (QED) is 0.724. The zero-order chi connectivity index (χ0) is 11.3. The summed E-state index contributed by atoms with van der Waals surface area (Å²) in [6, 6.07) is 2.32. The topological polar surface area (TPSA) is 53.2 Å². The maximum absolute atomic E-state index is 9.21. The molecule has 0 aliphatic heterocycles. The number of nitriles is 1. The fourth-order valence-corrected chi connectivity index (χ4v) is 2.17. The molecule has 3 heteroatoms. The second kappa shape index (κ2) is 5.48. The molecule has 1 aliphatic carbocycles. The standard InChI is InChI=1S/C12H21NO2/c1-10-4-5-12(9-13,8-11(10)2)15-7-3-6-14/h10-11,14H,3-8H2,1-2H3. The molecule has 0 amide bonds. The van der Waals surface area contributed by atoms with Gasteiger partial charge in [0.2, 0.25) is 0 Å². The van der Waals surface area contributed by atoms with Gasteiger partial charge in [-0.2, -0.15) is 5.26 Å². The lowest BCUT2D eigenvalue weighted by atomic mass is 9.73. The lowest BCUT2D eigenvalue weighted by molar-refractivity contribution is -0.0539. The summed E-state index contributed by atoms with van der Waals surface area (Å²) >= 11 is 0. The van der Waals surface area contributed by atoms with Crippen LogP contribution >= 0.6 is 0 Å². The SMILES string of the molecule is CC1CCC(C#N)(OCCCO)CC1C. The minimum absolute atomic E-state index is 0.132. The van der Waals surface area contributed by atoms with E-state index >= 15 is 0 Å². The van der Waals surface area contributed by atoms with Gasteiger partial charge in [-0.05, 0) is 37.5 Å². The Hall–Kier alpha value is -0.590. The molecule has 1 N–H and O–H groups in total. The number of ether oxygens (including phenoxy) is 1. The van der Waals surface area contributed by atoms with Crippen LogP contribution in [-0.2, 0) is 4.74 Å². The molecule has 1 rings (SSSR count). The number of hydrogen-bond acceptors (Lipinski definition) is 3. The highest BCUT2D eigenvalue weighted by molar-refractivity contribution is 5.05. The van der Waals surface area contributed by atoms with Crippen molar-refractivity contribution in [1.29, 1.82) is 5.26 Å². The first-order valence-corrected chi connectivity index (χ1v) is 5.79. The Kier molecular flexibility index (Phi) is 4.56. The van der Waals surface area contributed by atoms with E-state index in [1.165, 1.54) is 0 Å². The summed E-state index contributed by atoms with van der Waals surface area (Å²) < 4.78 is 5.66. The van der Waals surface area contributed by atoms with Crippen LogP contribution in [0.15, 0.2) is 0 Å². The Balaban J connectivity index is 2.50. The molecule has 3 nitrogen and oxygen atoms in total. The van der Waals surface area contributed by atoms with E-state index in [4.69, 9.17) is 9.84 Å². The van der Waals surface area contributed by atoms with Crippen molar-refractivity contribution in [3.05, 3.63) is 0 Å². The summed E-state index contributed by atoms with van der Waals surface area (Å²) in [4.78, 5) is 0. The zero-order valence-electron chi connectivity index (χ0n) is 9.70. The van der Waals surface area contributed by atoms with Gasteiger partial charge >= 0.3 is 0 Å². The second-order valence-electron chi connectivity index (χ2n) is 4.73. The average Bonchev–Trinajstić information content (AvgIpc) is 2.24. The van der Waals surface area contributed by atoms with E-state index in [1.807, 2.05) is 0 Å². The van der Waals surface area contributed by atoms with Crippen molar-refractivity contribution in [2.24, 2.45) is 11.8 Å². The first kappa shape index (κ1) is 12.5. The number of rotatable bonds is 4. The van der Waals surface area contributed by atoms with Crippen molar-refractivity contribution in [3.63, 3.8) is 0 Å². The van der Waals surface area contributed by atoms with Crippen molar-refractivity contribution in [1.82, 2.24) is 0 Å². The van der Waals surface area contributed by atoms with Crippen molar-refractivity contribution in [2.75, 3.05) is 13.2 Å². The Morgan fingerprint density at radius 1 is 1.47 bits per heavy atom. The van der Waals surface area contributed by atoms with Gasteiger partial charge in [-0.25, -0.2) is 0 Å². The van der Waals surface area contributed by atoms with Crippen LogP contribution in [0.5, 0.6) is 0 Å². The number of hydrogen-bond donors (Lipinski definition) is 1. The Morgan fingerprint density at radius 2 is 2.20 bits per heavy atom. The van der Waals surface area contributed by atoms with Crippen LogP contribution in [0, 0.1) is 23.2 Å². The summed E-state index contributed by atoms with van der Waals surface area (Å²) in [7, 11) is 0. The predicted octanol–water partition coefficient (Wildman–Crippen LogP) is 2.10. The Bertz CT molecular complexity index is 236. The Labute approximate surface area is 92.0 Å². The molecule has 0 heterocycles. The molecular weight excluding hydrogens is 190 g/mol. The molecule has 3 unspecified atom stereocenters. The summed E-state index contributed by atoms with van der Waals surface area (Å²) in [5, 5.41) is 17.9. The largest absolute Gasteiger partial charge is 0.396 e. The van der Waals surface area contributed by atoms with Gasteiger partial charge in [0.25, 0.3) is 0 Å². The van der Waals surface area contributed by atoms with Gasteiger partial charge in [-0.3, -0.25) is 0 Å². The third kappa shape index (κ3) is 3.19. The summed E-state index contributed by atoms with van der Waals surface area (Å²) in [6.07, 6.45) is 3.34. The fraction of sp³-hybridized carbons (Fsp3) is 0.917. The predicted molar refractivity (Wildman–Crippen MR) is 58.2 cm³/mol. The lowest BCUT2D eigenvalue weighted by Gasteiger charge is -2.37. The Morgan fingerprint density at radius 3 is 2.73 bits per heavy atom. The van der Waals surface area contributed by atoms with E-state index in [0.717, 1.165) is 19.3 Å². The van der Waals surface area contributed by atoms with Crippen LogP contribution in [0.4, 0.5) is 0 Å². The normalized spacial score (nSPS) is 36.1. The first-order valence-electron chi connectivity index (χ1n) is 5.79. The van der Waals surface area contributed by atoms with Gasteiger partial charge in [0, 0.05) is 6.61 Å². The van der Waals surface area contributed by atoms with Crippen molar-refractivity contribution >= 4 is 0 Å². The molecule has 0 spiro atoms. The molecule has 1 aliphatic rings. The van der Waals surface area contributed by atoms with Crippen LogP contribution in [0.3, 0.4) is 0 Å². The van der Waals surface area contributed by atoms with Crippen molar-refractivity contribution < 1.29 is 9.84 Å². The summed E-state index contributed by atoms with van der Waals surface area (Å²) in [5.41, 5.74) is -0.582. The summed E-state index contributed by atoms with van der Waals surface area (Å²) in [6.45, 7) is 5.05. The number of aliphatic hydroxyl groups excluding tert-OH is 1. The third-order valence-electron chi connectivity index (χ3n) is 3.51. The van der Waals surface area contributed by atoms with Gasteiger partial charge in [0.15, 0.2) is 5.60 Å². The average molecular weight is 211 g/mol. The molecule has 0 bridgehead atoms. The third-order valence-corrected chi connectivity index (χ3v) is 3.51. The molecule has 1 saturated carbocycles. The molecular formula is C12H21NO2. The van der Waals surface area contributed by atoms with Gasteiger partial charge in [-0.15, -0.1) is 0 Å². The van der Waals surface area contributed by atoms with E-state index in [2.05, 4.69) is 19.9 Å². The maximum Gasteiger partial charge on any atom is 0.154 e. The molecule has 0 aromatic heterocycles. The number of aliphatic hydroxyl groups is 1. The number of nitrogens with zero attached hydrogens (tertiary/aromatic N) is 1. The molecule has 3 atom stereocenters. The zero-order valence-corrected chi connectivity index (χ0v) is 9.70. The molecule has 1 fully saturated rings. The van der Waals surface area contributed by atoms with Gasteiger partial charge in [0.1, 0.15) is 0 Å². The molecule has 15 heavy (non-hydrogen) atoms. The highest BCUT2D eigenvalue weighted by Crippen LogP contribution is 2.38.